The molecule has 0 aliphatic heterocycles. The van der Waals surface area contributed by atoms with E-state index in [2.05, 4.69) is 15.9 Å². The molecule has 1 fully saturated rings. The van der Waals surface area contributed by atoms with E-state index in [4.69, 9.17) is 5.73 Å². The van der Waals surface area contributed by atoms with Crippen molar-refractivity contribution in [1.82, 2.24) is 0 Å². The Bertz CT molecular complexity index is 410. The second-order valence-corrected chi connectivity index (χ2v) is 5.13. The average molecular weight is 294 g/mol. The summed E-state index contributed by atoms with van der Waals surface area (Å²) in [5.41, 5.74) is 5.47. The number of alkyl halides is 3. The molecule has 0 aromatic heterocycles. The molecule has 2 rings (SSSR count). The Balaban J connectivity index is 2.45. The summed E-state index contributed by atoms with van der Waals surface area (Å²) >= 11 is 3.11. The van der Waals surface area contributed by atoms with Gasteiger partial charge in [0.1, 0.15) is 0 Å². The van der Waals surface area contributed by atoms with E-state index in [9.17, 15) is 13.2 Å². The zero-order valence-corrected chi connectivity index (χ0v) is 10.0. The van der Waals surface area contributed by atoms with Gasteiger partial charge in [-0.15, -0.1) is 0 Å². The number of halogens is 4. The molecule has 0 bridgehead atoms. The third-order valence-electron chi connectivity index (χ3n) is 3.08. The first-order valence-electron chi connectivity index (χ1n) is 4.96. The molecule has 2 N–H and O–H groups in total. The first kappa shape index (κ1) is 11.9. The Morgan fingerprint density at radius 1 is 1.25 bits per heavy atom. The Morgan fingerprint density at radius 2 is 1.88 bits per heavy atom. The molecule has 1 nitrogen and oxygen atoms in total. The van der Waals surface area contributed by atoms with Crippen LogP contribution in [0.4, 0.5) is 13.2 Å². The minimum Gasteiger partial charge on any atom is -0.330 e. The molecule has 0 saturated heterocycles. The highest BCUT2D eigenvalue weighted by molar-refractivity contribution is 9.10. The fourth-order valence-electron chi connectivity index (χ4n) is 1.82. The highest BCUT2D eigenvalue weighted by atomic mass is 79.9. The van der Waals surface area contributed by atoms with Gasteiger partial charge in [0.05, 0.1) is 5.56 Å². The molecule has 0 radical (unpaired) electrons. The Labute approximate surface area is 100.0 Å². The number of hydrogen-bond acceptors (Lipinski definition) is 1. The molecule has 0 amide bonds. The van der Waals surface area contributed by atoms with Crippen LogP contribution < -0.4 is 5.73 Å². The predicted molar refractivity (Wildman–Crippen MR) is 59.1 cm³/mol. The van der Waals surface area contributed by atoms with Crippen molar-refractivity contribution in [3.05, 3.63) is 33.8 Å². The molecule has 16 heavy (non-hydrogen) atoms. The quantitative estimate of drug-likeness (QED) is 0.888. The van der Waals surface area contributed by atoms with Crippen LogP contribution in [0.5, 0.6) is 0 Å². The molecule has 1 saturated carbocycles. The van der Waals surface area contributed by atoms with E-state index in [1.165, 1.54) is 6.07 Å². The third kappa shape index (κ3) is 2.11. The van der Waals surface area contributed by atoms with E-state index in [0.717, 1.165) is 18.9 Å². The maximum atomic E-state index is 12.6. The molecule has 0 unspecified atom stereocenters. The maximum absolute atomic E-state index is 12.6. The number of rotatable bonds is 2. The first-order valence-corrected chi connectivity index (χ1v) is 5.75. The van der Waals surface area contributed by atoms with Crippen molar-refractivity contribution in [3.8, 4) is 0 Å². The number of nitrogens with two attached hydrogens (primary N) is 1. The van der Waals surface area contributed by atoms with Crippen LogP contribution in [-0.4, -0.2) is 6.54 Å². The molecular formula is C11H11BrF3N. The molecule has 1 aromatic carbocycles. The third-order valence-corrected chi connectivity index (χ3v) is 3.54. The minimum atomic E-state index is -4.30. The lowest BCUT2D eigenvalue weighted by molar-refractivity contribution is -0.137. The van der Waals surface area contributed by atoms with E-state index in [-0.39, 0.29) is 5.41 Å². The van der Waals surface area contributed by atoms with Crippen LogP contribution in [0.15, 0.2) is 22.7 Å². The van der Waals surface area contributed by atoms with E-state index in [1.807, 2.05) is 0 Å². The summed E-state index contributed by atoms with van der Waals surface area (Å²) in [4.78, 5) is 0. The normalized spacial score (nSPS) is 18.6. The van der Waals surface area contributed by atoms with Crippen LogP contribution in [0.3, 0.4) is 0 Å². The molecule has 88 valence electrons. The second-order valence-electron chi connectivity index (χ2n) is 4.21. The van der Waals surface area contributed by atoms with Crippen molar-refractivity contribution < 1.29 is 13.2 Å². The Hall–Kier alpha value is -0.550. The zero-order valence-electron chi connectivity index (χ0n) is 8.44. The van der Waals surface area contributed by atoms with Gasteiger partial charge < -0.3 is 5.73 Å². The van der Waals surface area contributed by atoms with Crippen LogP contribution in [-0.2, 0) is 11.6 Å². The lowest BCUT2D eigenvalue weighted by Crippen LogP contribution is -2.20. The molecular weight excluding hydrogens is 283 g/mol. The molecule has 5 heteroatoms. The summed E-state index contributed by atoms with van der Waals surface area (Å²) in [7, 11) is 0. The smallest absolute Gasteiger partial charge is 0.330 e. The van der Waals surface area contributed by atoms with Gasteiger partial charge in [0, 0.05) is 16.4 Å². The van der Waals surface area contributed by atoms with Crippen molar-refractivity contribution in [2.45, 2.75) is 24.4 Å². The van der Waals surface area contributed by atoms with E-state index in [0.29, 0.717) is 16.6 Å². The van der Waals surface area contributed by atoms with Crippen LogP contribution in [0, 0.1) is 0 Å². The molecule has 0 spiro atoms. The second kappa shape index (κ2) is 3.74. The molecule has 1 aliphatic rings. The summed E-state index contributed by atoms with van der Waals surface area (Å²) in [5, 5.41) is 0. The van der Waals surface area contributed by atoms with Crippen molar-refractivity contribution in [3.63, 3.8) is 0 Å². The summed E-state index contributed by atoms with van der Waals surface area (Å²) < 4.78 is 38.3. The standard InChI is InChI=1S/C11H11BrF3N/c12-9-4-7(10(6-16)1-2-10)3-8(5-9)11(13,14)15/h3-5H,1-2,6,16H2. The van der Waals surface area contributed by atoms with Gasteiger partial charge in [0.15, 0.2) is 0 Å². The fourth-order valence-corrected chi connectivity index (χ4v) is 2.31. The van der Waals surface area contributed by atoms with Crippen LogP contribution >= 0.6 is 15.9 Å². The maximum Gasteiger partial charge on any atom is 0.416 e. The molecule has 0 atom stereocenters. The summed E-state index contributed by atoms with van der Waals surface area (Å²) in [5.74, 6) is 0. The van der Waals surface area contributed by atoms with E-state index >= 15 is 0 Å². The highest BCUT2D eigenvalue weighted by Crippen LogP contribution is 2.48. The van der Waals surface area contributed by atoms with Crippen molar-refractivity contribution in [1.29, 1.82) is 0 Å². The first-order chi connectivity index (χ1) is 7.37. The Morgan fingerprint density at radius 3 is 2.31 bits per heavy atom. The van der Waals surface area contributed by atoms with Gasteiger partial charge in [-0.2, -0.15) is 13.2 Å². The predicted octanol–water partition coefficient (Wildman–Crippen LogP) is 3.46. The molecule has 1 aromatic rings. The van der Waals surface area contributed by atoms with Crippen LogP contribution in [0.2, 0.25) is 0 Å². The van der Waals surface area contributed by atoms with Crippen molar-refractivity contribution >= 4 is 15.9 Å². The SMILES string of the molecule is NCC1(c2cc(Br)cc(C(F)(F)F)c2)CC1. The Kier molecular flexibility index (Phi) is 2.78. The number of hydrogen-bond donors (Lipinski definition) is 1. The zero-order chi connectivity index (χ0) is 12.0. The van der Waals surface area contributed by atoms with E-state index < -0.39 is 11.7 Å². The van der Waals surface area contributed by atoms with Gasteiger partial charge in [-0.1, -0.05) is 15.9 Å². The monoisotopic (exact) mass is 293 g/mol. The lowest BCUT2D eigenvalue weighted by Gasteiger charge is -2.16. The van der Waals surface area contributed by atoms with Gasteiger partial charge >= 0.3 is 6.18 Å². The summed E-state index contributed by atoms with van der Waals surface area (Å²) in [6.45, 7) is 0.404. The highest BCUT2D eigenvalue weighted by Gasteiger charge is 2.44. The van der Waals surface area contributed by atoms with Crippen molar-refractivity contribution in [2.24, 2.45) is 5.73 Å². The number of benzene rings is 1. The van der Waals surface area contributed by atoms with Gasteiger partial charge in [0.25, 0.3) is 0 Å². The topological polar surface area (TPSA) is 26.0 Å². The van der Waals surface area contributed by atoms with E-state index in [1.54, 1.807) is 6.07 Å². The van der Waals surface area contributed by atoms with Crippen LogP contribution in [0.1, 0.15) is 24.0 Å². The average Bonchev–Trinajstić information content (AvgIpc) is 2.96. The summed E-state index contributed by atoms with van der Waals surface area (Å²) in [6, 6.07) is 4.04. The van der Waals surface area contributed by atoms with Crippen LogP contribution in [0.25, 0.3) is 0 Å². The summed E-state index contributed by atoms with van der Waals surface area (Å²) in [6.07, 6.45) is -2.56. The van der Waals surface area contributed by atoms with Gasteiger partial charge in [-0.25, -0.2) is 0 Å². The fraction of sp³-hybridized carbons (Fsp3) is 0.455. The largest absolute Gasteiger partial charge is 0.416 e. The molecule has 0 heterocycles. The van der Waals surface area contributed by atoms with Gasteiger partial charge in [-0.05, 0) is 36.6 Å². The molecule has 1 aliphatic carbocycles. The lowest BCUT2D eigenvalue weighted by atomic mass is 9.94. The minimum absolute atomic E-state index is 0.218. The van der Waals surface area contributed by atoms with Gasteiger partial charge in [0.2, 0.25) is 0 Å². The van der Waals surface area contributed by atoms with Crippen molar-refractivity contribution in [2.75, 3.05) is 6.54 Å². The van der Waals surface area contributed by atoms with Gasteiger partial charge in [-0.3, -0.25) is 0 Å².